The summed E-state index contributed by atoms with van der Waals surface area (Å²) in [6, 6.07) is 7.78. The molecule has 0 aliphatic heterocycles. The lowest BCUT2D eigenvalue weighted by molar-refractivity contribution is -0.144. The zero-order chi connectivity index (χ0) is 22.5. The summed E-state index contributed by atoms with van der Waals surface area (Å²) >= 11 is 0. The van der Waals surface area contributed by atoms with Crippen LogP contribution in [0.3, 0.4) is 0 Å². The summed E-state index contributed by atoms with van der Waals surface area (Å²) in [7, 11) is 0. The first kappa shape index (κ1) is 22.4. The molecule has 0 spiro atoms. The van der Waals surface area contributed by atoms with Gasteiger partial charge < -0.3 is 10.2 Å². The van der Waals surface area contributed by atoms with Gasteiger partial charge in [-0.25, -0.2) is 0 Å². The summed E-state index contributed by atoms with van der Waals surface area (Å²) in [5.41, 5.74) is 2.02. The van der Waals surface area contributed by atoms with E-state index in [9.17, 15) is 9.59 Å². The van der Waals surface area contributed by atoms with Crippen LogP contribution in [0.25, 0.3) is 11.4 Å². The van der Waals surface area contributed by atoms with E-state index in [0.29, 0.717) is 12.2 Å². The van der Waals surface area contributed by atoms with Gasteiger partial charge in [-0.2, -0.15) is 4.80 Å². The van der Waals surface area contributed by atoms with E-state index in [1.807, 2.05) is 43.0 Å². The Labute approximate surface area is 189 Å². The quantitative estimate of drug-likeness (QED) is 0.683. The first-order chi connectivity index (χ1) is 15.5. The van der Waals surface area contributed by atoms with Gasteiger partial charge in [0, 0.05) is 17.6 Å². The smallest absolute Gasteiger partial charge is 0.247 e. The summed E-state index contributed by atoms with van der Waals surface area (Å²) in [5, 5.41) is 15.8. The molecule has 2 aliphatic rings. The molecule has 8 nitrogen and oxygen atoms in total. The van der Waals surface area contributed by atoms with Gasteiger partial charge in [0.2, 0.25) is 17.6 Å². The van der Waals surface area contributed by atoms with E-state index in [1.54, 1.807) is 0 Å². The summed E-state index contributed by atoms with van der Waals surface area (Å²) in [6.07, 6.45) is 9.05. The Hall–Kier alpha value is -2.77. The fourth-order valence-electron chi connectivity index (χ4n) is 5.02. The summed E-state index contributed by atoms with van der Waals surface area (Å²) in [6.45, 7) is 4.00. The number of aryl methyl sites for hydroxylation is 1. The second-order valence-electron chi connectivity index (χ2n) is 9.16. The molecular formula is C24H34N6O2. The van der Waals surface area contributed by atoms with Crippen molar-refractivity contribution < 1.29 is 9.59 Å². The minimum atomic E-state index is -0.453. The number of aromatic nitrogens is 4. The van der Waals surface area contributed by atoms with Crippen LogP contribution < -0.4 is 5.32 Å². The Morgan fingerprint density at radius 3 is 2.41 bits per heavy atom. The highest BCUT2D eigenvalue weighted by molar-refractivity contribution is 5.88. The van der Waals surface area contributed by atoms with Crippen molar-refractivity contribution in [3.8, 4) is 11.4 Å². The third kappa shape index (κ3) is 5.16. The van der Waals surface area contributed by atoms with Gasteiger partial charge in [0.1, 0.15) is 12.6 Å². The average molecular weight is 439 g/mol. The van der Waals surface area contributed by atoms with E-state index in [1.165, 1.54) is 4.80 Å². The SMILES string of the molecule is CC[C@H](C(=O)NC1CCCC1)N(C(=O)Cn1nnc(-c2ccc(C)cc2)n1)C1CCCC1. The van der Waals surface area contributed by atoms with E-state index in [2.05, 4.69) is 20.7 Å². The number of hydrogen-bond donors (Lipinski definition) is 1. The summed E-state index contributed by atoms with van der Waals surface area (Å²) in [5.74, 6) is 0.362. The second-order valence-corrected chi connectivity index (χ2v) is 9.16. The summed E-state index contributed by atoms with van der Waals surface area (Å²) < 4.78 is 0. The molecule has 8 heteroatoms. The fourth-order valence-corrected chi connectivity index (χ4v) is 5.02. The number of carbonyl (C=O) groups is 2. The van der Waals surface area contributed by atoms with Gasteiger partial charge in [-0.3, -0.25) is 9.59 Å². The van der Waals surface area contributed by atoms with E-state index >= 15 is 0 Å². The Morgan fingerprint density at radius 1 is 1.09 bits per heavy atom. The number of nitrogens with one attached hydrogen (secondary N) is 1. The van der Waals surface area contributed by atoms with Crippen molar-refractivity contribution in [1.82, 2.24) is 30.4 Å². The van der Waals surface area contributed by atoms with E-state index in [-0.39, 0.29) is 30.4 Å². The molecule has 0 bridgehead atoms. The molecule has 1 N–H and O–H groups in total. The number of nitrogens with zero attached hydrogens (tertiary/aromatic N) is 5. The lowest BCUT2D eigenvalue weighted by atomic mass is 10.1. The first-order valence-electron chi connectivity index (χ1n) is 12.0. The van der Waals surface area contributed by atoms with Gasteiger partial charge >= 0.3 is 0 Å². The second kappa shape index (κ2) is 10.2. The lowest BCUT2D eigenvalue weighted by Crippen LogP contribution is -2.55. The van der Waals surface area contributed by atoms with Crippen LogP contribution in [0, 0.1) is 6.92 Å². The van der Waals surface area contributed by atoms with Crippen LogP contribution in [0.1, 0.15) is 70.3 Å². The minimum absolute atomic E-state index is 0.0113. The predicted octanol–water partition coefficient (Wildman–Crippen LogP) is 3.26. The van der Waals surface area contributed by atoms with Gasteiger partial charge in [-0.15, -0.1) is 10.2 Å². The molecule has 32 heavy (non-hydrogen) atoms. The molecule has 2 saturated carbocycles. The Kier molecular flexibility index (Phi) is 7.17. The molecule has 1 aromatic heterocycles. The third-order valence-corrected chi connectivity index (χ3v) is 6.77. The number of tetrazole rings is 1. The Balaban J connectivity index is 1.49. The molecule has 1 heterocycles. The van der Waals surface area contributed by atoms with Gasteiger partial charge in [0.05, 0.1) is 0 Å². The molecule has 0 radical (unpaired) electrons. The monoisotopic (exact) mass is 438 g/mol. The van der Waals surface area contributed by atoms with Crippen molar-refractivity contribution in [2.45, 2.75) is 96.3 Å². The molecule has 0 unspecified atom stereocenters. The molecule has 172 valence electrons. The maximum atomic E-state index is 13.4. The van der Waals surface area contributed by atoms with Crippen molar-refractivity contribution in [1.29, 1.82) is 0 Å². The third-order valence-electron chi connectivity index (χ3n) is 6.77. The molecule has 0 saturated heterocycles. The topological polar surface area (TPSA) is 93.0 Å². The normalized spacial score (nSPS) is 18.1. The van der Waals surface area contributed by atoms with Crippen molar-refractivity contribution in [3.05, 3.63) is 29.8 Å². The molecule has 4 rings (SSSR count). The maximum absolute atomic E-state index is 13.4. The molecule has 1 aromatic carbocycles. The van der Waals surface area contributed by atoms with Crippen LogP contribution in [-0.2, 0) is 16.1 Å². The highest BCUT2D eigenvalue weighted by atomic mass is 16.2. The lowest BCUT2D eigenvalue weighted by Gasteiger charge is -2.35. The van der Waals surface area contributed by atoms with E-state index < -0.39 is 6.04 Å². The van der Waals surface area contributed by atoms with E-state index in [4.69, 9.17) is 0 Å². The number of benzene rings is 1. The highest BCUT2D eigenvalue weighted by Crippen LogP contribution is 2.27. The van der Waals surface area contributed by atoms with Crippen LogP contribution in [-0.4, -0.2) is 55.0 Å². The van der Waals surface area contributed by atoms with Crippen molar-refractivity contribution >= 4 is 11.8 Å². The molecule has 2 aromatic rings. The standard InChI is InChI=1S/C24H34N6O2/c1-3-21(24(32)25-19-8-4-5-9-19)30(20-10-6-7-11-20)22(31)16-29-27-23(26-28-29)18-14-12-17(2)13-15-18/h12-15,19-21H,3-11,16H2,1-2H3,(H,25,32)/t21-/m1/s1. The largest absolute Gasteiger partial charge is 0.352 e. The number of amides is 2. The van der Waals surface area contributed by atoms with Crippen molar-refractivity contribution in [2.75, 3.05) is 0 Å². The predicted molar refractivity (Wildman–Crippen MR) is 122 cm³/mol. The van der Waals surface area contributed by atoms with Gasteiger partial charge in [-0.1, -0.05) is 62.4 Å². The highest BCUT2D eigenvalue weighted by Gasteiger charge is 2.36. The number of carbonyl (C=O) groups excluding carboxylic acids is 2. The minimum Gasteiger partial charge on any atom is -0.352 e. The zero-order valence-electron chi connectivity index (χ0n) is 19.2. The molecule has 1 atom stereocenters. The molecule has 2 aliphatic carbocycles. The van der Waals surface area contributed by atoms with Crippen molar-refractivity contribution in [3.63, 3.8) is 0 Å². The van der Waals surface area contributed by atoms with Crippen LogP contribution in [0.4, 0.5) is 0 Å². The first-order valence-corrected chi connectivity index (χ1v) is 12.0. The number of rotatable bonds is 8. The van der Waals surface area contributed by atoms with Crippen LogP contribution in [0.5, 0.6) is 0 Å². The van der Waals surface area contributed by atoms with Crippen LogP contribution >= 0.6 is 0 Å². The van der Waals surface area contributed by atoms with Gasteiger partial charge in [0.15, 0.2) is 0 Å². The average Bonchev–Trinajstić information content (AvgIpc) is 3.55. The molecule has 2 fully saturated rings. The van der Waals surface area contributed by atoms with Crippen LogP contribution in [0.15, 0.2) is 24.3 Å². The van der Waals surface area contributed by atoms with Crippen LogP contribution in [0.2, 0.25) is 0 Å². The molecule has 2 amide bonds. The maximum Gasteiger partial charge on any atom is 0.247 e. The number of hydrogen-bond acceptors (Lipinski definition) is 5. The van der Waals surface area contributed by atoms with Gasteiger partial charge in [-0.05, 0) is 44.2 Å². The zero-order valence-corrected chi connectivity index (χ0v) is 19.2. The van der Waals surface area contributed by atoms with E-state index in [0.717, 1.165) is 62.5 Å². The Morgan fingerprint density at radius 2 is 1.75 bits per heavy atom. The summed E-state index contributed by atoms with van der Waals surface area (Å²) in [4.78, 5) is 29.8. The van der Waals surface area contributed by atoms with Crippen molar-refractivity contribution in [2.24, 2.45) is 0 Å². The molecular weight excluding hydrogens is 404 g/mol. The Bertz CT molecular complexity index is 913. The fraction of sp³-hybridized carbons (Fsp3) is 0.625. The van der Waals surface area contributed by atoms with Gasteiger partial charge in [0.25, 0.3) is 0 Å².